The highest BCUT2D eigenvalue weighted by atomic mass is 16.5. The van der Waals surface area contributed by atoms with Gasteiger partial charge in [0.05, 0.1) is 12.7 Å². The van der Waals surface area contributed by atoms with Crippen LogP contribution >= 0.6 is 0 Å². The molecule has 0 aromatic heterocycles. The molecule has 0 amide bonds. The molecule has 1 aromatic rings. The summed E-state index contributed by atoms with van der Waals surface area (Å²) in [6.07, 6.45) is 2.62. The number of guanidine groups is 1. The summed E-state index contributed by atoms with van der Waals surface area (Å²) >= 11 is 0. The molecule has 1 aromatic carbocycles. The average Bonchev–Trinajstić information content (AvgIpc) is 3.18. The Labute approximate surface area is 157 Å². The lowest BCUT2D eigenvalue weighted by molar-refractivity contribution is -0.0817. The van der Waals surface area contributed by atoms with Gasteiger partial charge in [0.15, 0.2) is 5.96 Å². The van der Waals surface area contributed by atoms with E-state index >= 15 is 0 Å². The molecule has 1 N–H and O–H groups in total. The molecule has 2 unspecified atom stereocenters. The maximum Gasteiger partial charge on any atom is 0.194 e. The summed E-state index contributed by atoms with van der Waals surface area (Å²) in [5, 5.41) is 3.54. The lowest BCUT2D eigenvalue weighted by atomic mass is 10.1. The first-order valence-electron chi connectivity index (χ1n) is 9.57. The summed E-state index contributed by atoms with van der Waals surface area (Å²) in [7, 11) is 6.05. The summed E-state index contributed by atoms with van der Waals surface area (Å²) in [5.41, 5.74) is 2.66. The average molecular weight is 361 g/mol. The molecule has 2 heterocycles. The third kappa shape index (κ3) is 4.96. The van der Waals surface area contributed by atoms with Crippen LogP contribution in [0.1, 0.15) is 24.0 Å². The number of hydrogen-bond acceptors (Lipinski definition) is 4. The quantitative estimate of drug-likeness (QED) is 0.640. The number of aliphatic imine (C=N–C) groups is 1. The third-order valence-electron chi connectivity index (χ3n) is 5.03. The van der Waals surface area contributed by atoms with Gasteiger partial charge in [-0.25, -0.2) is 0 Å². The van der Waals surface area contributed by atoms with Crippen molar-refractivity contribution in [1.29, 1.82) is 0 Å². The zero-order valence-electron chi connectivity index (χ0n) is 16.3. The van der Waals surface area contributed by atoms with E-state index in [2.05, 4.69) is 58.5 Å². The van der Waals surface area contributed by atoms with Gasteiger partial charge >= 0.3 is 0 Å². The maximum absolute atomic E-state index is 5.96. The van der Waals surface area contributed by atoms with E-state index in [4.69, 9.17) is 9.47 Å². The van der Waals surface area contributed by atoms with E-state index in [9.17, 15) is 0 Å². The van der Waals surface area contributed by atoms with Gasteiger partial charge in [-0.15, -0.1) is 0 Å². The van der Waals surface area contributed by atoms with Gasteiger partial charge in [-0.05, 0) is 38.1 Å². The highest BCUT2D eigenvalue weighted by Gasteiger charge is 2.32. The van der Waals surface area contributed by atoms with Gasteiger partial charge in [0.1, 0.15) is 6.10 Å². The number of nitrogens with zero attached hydrogens (tertiary/aromatic N) is 3. The van der Waals surface area contributed by atoms with Crippen LogP contribution in [0.2, 0.25) is 0 Å². The molecule has 26 heavy (non-hydrogen) atoms. The van der Waals surface area contributed by atoms with Crippen molar-refractivity contribution in [3.05, 3.63) is 35.4 Å². The van der Waals surface area contributed by atoms with Crippen LogP contribution in [0.4, 0.5) is 0 Å². The SMILES string of the molecule is CN=C(NCc1ccccc1CN(C)C)N1CCOC(C2CCCO2)C1. The molecule has 0 saturated carbocycles. The first kappa shape index (κ1) is 19.1. The molecule has 0 bridgehead atoms. The predicted molar refractivity (Wildman–Crippen MR) is 104 cm³/mol. The number of benzene rings is 1. The second-order valence-corrected chi connectivity index (χ2v) is 7.31. The van der Waals surface area contributed by atoms with Crippen molar-refractivity contribution < 1.29 is 9.47 Å². The fourth-order valence-electron chi connectivity index (χ4n) is 3.72. The standard InChI is InChI=1S/C20H32N4O2/c1-21-20(22-13-16-7-4-5-8-17(16)14-23(2)3)24-10-12-26-19(15-24)18-9-6-11-25-18/h4-5,7-8,18-19H,6,9-15H2,1-3H3,(H,21,22). The van der Waals surface area contributed by atoms with Crippen molar-refractivity contribution in [2.45, 2.75) is 38.1 Å². The van der Waals surface area contributed by atoms with Crippen molar-refractivity contribution >= 4 is 5.96 Å². The molecule has 0 radical (unpaired) electrons. The van der Waals surface area contributed by atoms with Crippen molar-refractivity contribution in [3.63, 3.8) is 0 Å². The predicted octanol–water partition coefficient (Wildman–Crippen LogP) is 1.70. The summed E-state index contributed by atoms with van der Waals surface area (Å²) in [4.78, 5) is 9.00. The second kappa shape index (κ2) is 9.35. The van der Waals surface area contributed by atoms with Gasteiger partial charge in [0.2, 0.25) is 0 Å². The Kier molecular flexibility index (Phi) is 6.88. The van der Waals surface area contributed by atoms with E-state index in [-0.39, 0.29) is 12.2 Å². The molecule has 2 aliphatic heterocycles. The number of morpholine rings is 1. The summed E-state index contributed by atoms with van der Waals surface area (Å²) < 4.78 is 11.8. The van der Waals surface area contributed by atoms with E-state index in [0.29, 0.717) is 0 Å². The molecule has 6 nitrogen and oxygen atoms in total. The van der Waals surface area contributed by atoms with Crippen LogP contribution in [0.3, 0.4) is 0 Å². The zero-order chi connectivity index (χ0) is 18.4. The molecular formula is C20H32N4O2. The fourth-order valence-corrected chi connectivity index (χ4v) is 3.72. The normalized spacial score (nSPS) is 24.3. The molecule has 2 atom stereocenters. The van der Waals surface area contributed by atoms with Crippen LogP contribution in [0, 0.1) is 0 Å². The topological polar surface area (TPSA) is 49.3 Å². The number of rotatable bonds is 5. The van der Waals surface area contributed by atoms with E-state index < -0.39 is 0 Å². The lowest BCUT2D eigenvalue weighted by Gasteiger charge is -2.37. The molecule has 144 valence electrons. The molecule has 2 aliphatic rings. The largest absolute Gasteiger partial charge is 0.375 e. The van der Waals surface area contributed by atoms with Crippen LogP contribution in [-0.2, 0) is 22.6 Å². The first-order chi connectivity index (χ1) is 12.7. The molecule has 3 rings (SSSR count). The van der Waals surface area contributed by atoms with Crippen LogP contribution in [0.15, 0.2) is 29.3 Å². The highest BCUT2D eigenvalue weighted by Crippen LogP contribution is 2.21. The summed E-state index contributed by atoms with van der Waals surface area (Å²) in [6.45, 7) is 5.00. The van der Waals surface area contributed by atoms with Gasteiger partial charge in [-0.3, -0.25) is 4.99 Å². The minimum absolute atomic E-state index is 0.144. The Morgan fingerprint density at radius 2 is 1.96 bits per heavy atom. The second-order valence-electron chi connectivity index (χ2n) is 7.31. The van der Waals surface area contributed by atoms with Gasteiger partial charge < -0.3 is 24.6 Å². The maximum atomic E-state index is 5.96. The minimum Gasteiger partial charge on any atom is -0.375 e. The molecule has 6 heteroatoms. The van der Waals surface area contributed by atoms with Gasteiger partial charge in [-0.2, -0.15) is 0 Å². The van der Waals surface area contributed by atoms with Gasteiger partial charge in [0.25, 0.3) is 0 Å². The minimum atomic E-state index is 0.144. The van der Waals surface area contributed by atoms with E-state index in [1.165, 1.54) is 11.1 Å². The molecule has 0 aliphatic carbocycles. The molecular weight excluding hydrogens is 328 g/mol. The summed E-state index contributed by atoms with van der Waals surface area (Å²) in [6, 6.07) is 8.59. The monoisotopic (exact) mass is 360 g/mol. The van der Waals surface area contributed by atoms with Crippen molar-refractivity contribution in [2.24, 2.45) is 4.99 Å². The Hall–Kier alpha value is -1.63. The molecule has 2 fully saturated rings. The van der Waals surface area contributed by atoms with Crippen molar-refractivity contribution in [1.82, 2.24) is 15.1 Å². The van der Waals surface area contributed by atoms with Crippen molar-refractivity contribution in [2.75, 3.05) is 47.4 Å². The zero-order valence-corrected chi connectivity index (χ0v) is 16.3. The third-order valence-corrected chi connectivity index (χ3v) is 5.03. The van der Waals surface area contributed by atoms with Gasteiger partial charge in [-0.1, -0.05) is 24.3 Å². The number of ether oxygens (including phenoxy) is 2. The highest BCUT2D eigenvalue weighted by molar-refractivity contribution is 5.80. The van der Waals surface area contributed by atoms with E-state index in [0.717, 1.165) is 58.2 Å². The molecule has 0 spiro atoms. The summed E-state index contributed by atoms with van der Waals surface area (Å²) in [5.74, 6) is 0.941. The first-order valence-corrected chi connectivity index (χ1v) is 9.57. The van der Waals surface area contributed by atoms with Crippen LogP contribution in [0.25, 0.3) is 0 Å². The van der Waals surface area contributed by atoms with E-state index in [1.54, 1.807) is 0 Å². The Morgan fingerprint density at radius 1 is 1.19 bits per heavy atom. The van der Waals surface area contributed by atoms with Crippen LogP contribution in [-0.4, -0.2) is 75.4 Å². The van der Waals surface area contributed by atoms with Crippen molar-refractivity contribution in [3.8, 4) is 0 Å². The number of nitrogens with one attached hydrogen (secondary N) is 1. The number of hydrogen-bond donors (Lipinski definition) is 1. The lowest BCUT2D eigenvalue weighted by Crippen LogP contribution is -2.53. The van der Waals surface area contributed by atoms with Gasteiger partial charge in [0, 0.05) is 39.8 Å². The fraction of sp³-hybridized carbons (Fsp3) is 0.650. The van der Waals surface area contributed by atoms with E-state index in [1.807, 2.05) is 7.05 Å². The Balaban J connectivity index is 1.59. The van der Waals surface area contributed by atoms with Crippen LogP contribution in [0.5, 0.6) is 0 Å². The smallest absolute Gasteiger partial charge is 0.194 e. The Bertz CT molecular complexity index is 599. The Morgan fingerprint density at radius 3 is 2.65 bits per heavy atom. The van der Waals surface area contributed by atoms with Crippen LogP contribution < -0.4 is 5.32 Å². The molecule has 2 saturated heterocycles.